The molecule has 1 N–H and O–H groups in total. The van der Waals surface area contributed by atoms with Crippen molar-refractivity contribution in [3.63, 3.8) is 0 Å². The molecule has 4 rings (SSSR count). The van der Waals surface area contributed by atoms with Crippen LogP contribution in [0.25, 0.3) is 6.08 Å². The van der Waals surface area contributed by atoms with Crippen molar-refractivity contribution in [2.75, 3.05) is 6.61 Å². The second-order valence-corrected chi connectivity index (χ2v) is 10.6. The van der Waals surface area contributed by atoms with Gasteiger partial charge in [-0.1, -0.05) is 42.8 Å². The first-order valence-corrected chi connectivity index (χ1v) is 13.4. The first-order chi connectivity index (χ1) is 17.2. The number of hydrogen-bond acceptors (Lipinski definition) is 8. The Morgan fingerprint density at radius 2 is 1.75 bits per heavy atom. The third kappa shape index (κ3) is 6.39. The van der Waals surface area contributed by atoms with Crippen LogP contribution in [0, 0.1) is 6.92 Å². The minimum atomic E-state index is -4.07. The van der Waals surface area contributed by atoms with Crippen molar-refractivity contribution in [3.05, 3.63) is 94.1 Å². The number of aromatic nitrogens is 1. The van der Waals surface area contributed by atoms with E-state index in [-0.39, 0.29) is 11.5 Å². The smallest absolute Gasteiger partial charge is 0.297 e. The molecule has 10 heteroatoms. The van der Waals surface area contributed by atoms with E-state index in [1.807, 2.05) is 19.9 Å². The van der Waals surface area contributed by atoms with Gasteiger partial charge in [-0.15, -0.1) is 0 Å². The summed E-state index contributed by atoms with van der Waals surface area (Å²) in [4.78, 5) is 27.8. The zero-order valence-corrected chi connectivity index (χ0v) is 21.3. The van der Waals surface area contributed by atoms with Crippen molar-refractivity contribution in [2.45, 2.75) is 31.3 Å². The number of thioether (sulfide) groups is 1. The first kappa shape index (κ1) is 25.6. The molecule has 3 aromatic rings. The number of benzene rings is 2. The number of amides is 2. The number of pyridine rings is 1. The van der Waals surface area contributed by atoms with Gasteiger partial charge >= 0.3 is 0 Å². The molecule has 0 radical (unpaired) electrons. The zero-order chi connectivity index (χ0) is 25.7. The highest BCUT2D eigenvalue weighted by Gasteiger charge is 2.26. The molecular weight excluding hydrogens is 500 g/mol. The quantitative estimate of drug-likeness (QED) is 0.314. The summed E-state index contributed by atoms with van der Waals surface area (Å²) >= 11 is 0.841. The largest absolute Gasteiger partial charge is 0.490 e. The second kappa shape index (κ2) is 11.1. The predicted molar refractivity (Wildman–Crippen MR) is 137 cm³/mol. The van der Waals surface area contributed by atoms with Crippen LogP contribution in [0.15, 0.2) is 76.7 Å². The molecule has 0 saturated carbocycles. The number of aryl methyl sites for hydroxylation is 2. The Hall–Kier alpha value is -3.47. The average molecular weight is 525 g/mol. The van der Waals surface area contributed by atoms with Gasteiger partial charge < -0.3 is 4.74 Å². The van der Waals surface area contributed by atoms with Gasteiger partial charge in [0.25, 0.3) is 21.3 Å². The van der Waals surface area contributed by atoms with Crippen LogP contribution >= 0.6 is 11.8 Å². The number of imide groups is 1. The number of nitrogens with one attached hydrogen (secondary N) is 1. The van der Waals surface area contributed by atoms with E-state index in [0.717, 1.165) is 29.3 Å². The molecule has 2 aromatic carbocycles. The number of ether oxygens (including phenoxy) is 1. The zero-order valence-electron chi connectivity index (χ0n) is 19.6. The normalized spacial score (nSPS) is 15.7. The lowest BCUT2D eigenvalue weighted by Gasteiger charge is -2.18. The molecule has 2 heterocycles. The first-order valence-electron chi connectivity index (χ1n) is 11.2. The summed E-state index contributed by atoms with van der Waals surface area (Å²) in [5.41, 5.74) is 3.09. The summed E-state index contributed by atoms with van der Waals surface area (Å²) < 4.78 is 37.3. The molecule has 1 atom stereocenters. The molecule has 1 fully saturated rings. The van der Waals surface area contributed by atoms with E-state index in [2.05, 4.69) is 10.3 Å². The van der Waals surface area contributed by atoms with Crippen molar-refractivity contribution in [2.24, 2.45) is 0 Å². The van der Waals surface area contributed by atoms with Gasteiger partial charge in [-0.05, 0) is 72.6 Å². The van der Waals surface area contributed by atoms with Gasteiger partial charge in [-0.25, -0.2) is 0 Å². The molecule has 0 aliphatic carbocycles. The van der Waals surface area contributed by atoms with Crippen molar-refractivity contribution in [1.29, 1.82) is 0 Å². The van der Waals surface area contributed by atoms with Crippen LogP contribution in [0.3, 0.4) is 0 Å². The molecule has 1 aliphatic rings. The Labute approximate surface area is 213 Å². The minimum Gasteiger partial charge on any atom is -0.490 e. The lowest BCUT2D eigenvalue weighted by molar-refractivity contribution is -0.115. The molecule has 2 amide bonds. The van der Waals surface area contributed by atoms with Crippen LogP contribution in [-0.4, -0.2) is 31.2 Å². The molecule has 1 unspecified atom stereocenters. The maximum absolute atomic E-state index is 13.0. The number of hydrogen-bond donors (Lipinski definition) is 1. The van der Waals surface area contributed by atoms with Crippen LogP contribution in [0.5, 0.6) is 5.75 Å². The summed E-state index contributed by atoms with van der Waals surface area (Å²) in [6, 6.07) is 16.8. The fourth-order valence-electron chi connectivity index (χ4n) is 3.32. The average Bonchev–Trinajstić information content (AvgIpc) is 3.19. The third-order valence-electron chi connectivity index (χ3n) is 5.36. The fourth-order valence-corrected chi connectivity index (χ4v) is 5.04. The lowest BCUT2D eigenvalue weighted by Crippen LogP contribution is -2.19. The van der Waals surface area contributed by atoms with E-state index in [0.29, 0.717) is 21.9 Å². The van der Waals surface area contributed by atoms with Gasteiger partial charge in [0.2, 0.25) is 0 Å². The summed E-state index contributed by atoms with van der Waals surface area (Å²) in [7, 11) is -4.07. The Morgan fingerprint density at radius 3 is 2.33 bits per heavy atom. The number of carbonyl (C=O) groups is 2. The number of rotatable bonds is 9. The van der Waals surface area contributed by atoms with Crippen molar-refractivity contribution >= 4 is 39.1 Å². The molecule has 186 valence electrons. The number of nitrogens with zero attached hydrogens (tertiary/aromatic N) is 1. The summed E-state index contributed by atoms with van der Waals surface area (Å²) in [5.74, 6) is 0.0463. The standard InChI is InChI=1S/C26H24N2O6S2/c1-3-18-8-13-22(27-15-18)23(34-36(31,32)21-11-4-17(2)5-12-21)16-33-20-9-6-19(7-10-20)14-24-25(29)28-26(30)35-24/h4-15,23H,3,16H2,1-2H3,(H,28,29,30)/b24-14-. The molecular formula is C26H24N2O6S2. The van der Waals surface area contributed by atoms with Crippen LogP contribution < -0.4 is 10.1 Å². The van der Waals surface area contributed by atoms with E-state index in [4.69, 9.17) is 8.92 Å². The third-order valence-corrected chi connectivity index (χ3v) is 7.51. The van der Waals surface area contributed by atoms with Crippen LogP contribution in [0.4, 0.5) is 4.79 Å². The maximum Gasteiger partial charge on any atom is 0.297 e. The van der Waals surface area contributed by atoms with Gasteiger partial charge in [0, 0.05) is 6.20 Å². The Balaban J connectivity index is 1.51. The number of carbonyl (C=O) groups excluding carboxylic acids is 2. The highest BCUT2D eigenvalue weighted by atomic mass is 32.2. The molecule has 1 saturated heterocycles. The van der Waals surface area contributed by atoms with Crippen molar-refractivity contribution < 1.29 is 26.9 Å². The summed E-state index contributed by atoms with van der Waals surface area (Å²) in [6.07, 6.45) is 3.12. The van der Waals surface area contributed by atoms with Gasteiger partial charge in [-0.3, -0.25) is 24.1 Å². The van der Waals surface area contributed by atoms with Gasteiger partial charge in [0.1, 0.15) is 12.4 Å². The fraction of sp³-hybridized carbons (Fsp3) is 0.192. The Kier molecular flexibility index (Phi) is 7.88. The molecule has 1 aromatic heterocycles. The molecule has 8 nitrogen and oxygen atoms in total. The van der Waals surface area contributed by atoms with E-state index in [1.54, 1.807) is 54.7 Å². The summed E-state index contributed by atoms with van der Waals surface area (Å²) in [6.45, 7) is 3.78. The van der Waals surface area contributed by atoms with Gasteiger partial charge in [0.15, 0.2) is 6.10 Å². The van der Waals surface area contributed by atoms with Crippen LogP contribution in [0.1, 0.15) is 35.4 Å². The van der Waals surface area contributed by atoms with E-state index in [1.165, 1.54) is 12.1 Å². The van der Waals surface area contributed by atoms with Gasteiger partial charge in [0.05, 0.1) is 15.5 Å². The van der Waals surface area contributed by atoms with E-state index >= 15 is 0 Å². The van der Waals surface area contributed by atoms with Gasteiger partial charge in [-0.2, -0.15) is 8.42 Å². The monoisotopic (exact) mass is 524 g/mol. The molecule has 36 heavy (non-hydrogen) atoms. The highest BCUT2D eigenvalue weighted by Crippen LogP contribution is 2.27. The Bertz CT molecular complexity index is 1380. The predicted octanol–water partition coefficient (Wildman–Crippen LogP) is 4.80. The molecule has 0 bridgehead atoms. The van der Waals surface area contributed by atoms with Crippen LogP contribution in [-0.2, 0) is 25.5 Å². The molecule has 1 aliphatic heterocycles. The maximum atomic E-state index is 13.0. The SMILES string of the molecule is CCc1ccc(C(COc2ccc(/C=C3\SC(=O)NC3=O)cc2)OS(=O)(=O)c2ccc(C)cc2)nc1. The van der Waals surface area contributed by atoms with Crippen molar-refractivity contribution in [1.82, 2.24) is 10.3 Å². The molecule has 0 spiro atoms. The minimum absolute atomic E-state index is 0.0490. The van der Waals surface area contributed by atoms with E-state index in [9.17, 15) is 18.0 Å². The summed E-state index contributed by atoms with van der Waals surface area (Å²) in [5, 5.41) is 1.81. The Morgan fingerprint density at radius 1 is 1.03 bits per heavy atom. The van der Waals surface area contributed by atoms with Crippen molar-refractivity contribution in [3.8, 4) is 5.75 Å². The second-order valence-electron chi connectivity index (χ2n) is 8.03. The lowest BCUT2D eigenvalue weighted by atomic mass is 10.1. The van der Waals surface area contributed by atoms with Crippen LogP contribution in [0.2, 0.25) is 0 Å². The van der Waals surface area contributed by atoms with E-state index < -0.39 is 27.4 Å². The topological polar surface area (TPSA) is 112 Å². The highest BCUT2D eigenvalue weighted by molar-refractivity contribution is 8.18.